The third-order valence-corrected chi connectivity index (χ3v) is 5.68. The van der Waals surface area contributed by atoms with Crippen LogP contribution in [0.1, 0.15) is 25.3 Å². The first-order valence-corrected chi connectivity index (χ1v) is 10.8. The molecule has 0 bridgehead atoms. The van der Waals surface area contributed by atoms with Crippen molar-refractivity contribution in [3.63, 3.8) is 0 Å². The summed E-state index contributed by atoms with van der Waals surface area (Å²) in [6.45, 7) is 5.65. The van der Waals surface area contributed by atoms with Crippen LogP contribution in [0.4, 0.5) is 10.1 Å². The van der Waals surface area contributed by atoms with E-state index in [9.17, 15) is 4.39 Å². The molecular formula is C24H30FN5. The molecule has 1 fully saturated rings. The molecule has 1 aromatic heterocycles. The molecule has 2 heterocycles. The first-order chi connectivity index (χ1) is 14.7. The van der Waals surface area contributed by atoms with Crippen LogP contribution in [-0.2, 0) is 6.42 Å². The number of aliphatic imine (C=N–C) groups is 1. The maximum absolute atomic E-state index is 13.6. The third-order valence-electron chi connectivity index (χ3n) is 5.68. The number of hydrogen-bond donors (Lipinski definition) is 3. The summed E-state index contributed by atoms with van der Waals surface area (Å²) >= 11 is 0. The summed E-state index contributed by atoms with van der Waals surface area (Å²) in [7, 11) is 0. The number of aromatic amines is 1. The third kappa shape index (κ3) is 4.93. The number of para-hydroxylation sites is 1. The maximum atomic E-state index is 13.6. The molecule has 0 spiro atoms. The predicted octanol–water partition coefficient (Wildman–Crippen LogP) is 4.07. The Bertz CT molecular complexity index is 974. The number of nitrogens with one attached hydrogen (secondary N) is 3. The number of rotatable bonds is 6. The van der Waals surface area contributed by atoms with Crippen molar-refractivity contribution in [1.29, 1.82) is 0 Å². The predicted molar refractivity (Wildman–Crippen MR) is 123 cm³/mol. The van der Waals surface area contributed by atoms with Crippen molar-refractivity contribution in [3.05, 3.63) is 66.1 Å². The molecule has 1 saturated heterocycles. The molecular weight excluding hydrogens is 377 g/mol. The highest BCUT2D eigenvalue weighted by molar-refractivity contribution is 5.83. The van der Waals surface area contributed by atoms with Crippen molar-refractivity contribution < 1.29 is 4.39 Å². The van der Waals surface area contributed by atoms with Gasteiger partial charge in [0.1, 0.15) is 5.82 Å². The topological polar surface area (TPSA) is 55.5 Å². The van der Waals surface area contributed by atoms with Crippen LogP contribution in [0.3, 0.4) is 0 Å². The number of benzene rings is 2. The van der Waals surface area contributed by atoms with E-state index in [1.165, 1.54) is 11.8 Å². The second-order valence-electron chi connectivity index (χ2n) is 7.76. The molecule has 4 rings (SSSR count). The van der Waals surface area contributed by atoms with Crippen molar-refractivity contribution in [2.24, 2.45) is 4.99 Å². The number of fused-ring (bicyclic) bond motifs is 1. The minimum Gasteiger partial charge on any atom is -0.371 e. The molecule has 5 nitrogen and oxygen atoms in total. The molecule has 158 valence electrons. The van der Waals surface area contributed by atoms with E-state index >= 15 is 0 Å². The van der Waals surface area contributed by atoms with Gasteiger partial charge < -0.3 is 20.5 Å². The van der Waals surface area contributed by atoms with E-state index in [-0.39, 0.29) is 5.82 Å². The normalized spacial score (nSPS) is 15.5. The van der Waals surface area contributed by atoms with Crippen molar-refractivity contribution in [3.8, 4) is 0 Å². The monoisotopic (exact) mass is 407 g/mol. The van der Waals surface area contributed by atoms with Crippen molar-refractivity contribution in [1.82, 2.24) is 15.6 Å². The van der Waals surface area contributed by atoms with E-state index in [0.717, 1.165) is 61.3 Å². The number of piperidine rings is 1. The van der Waals surface area contributed by atoms with Crippen LogP contribution in [0.2, 0.25) is 0 Å². The zero-order chi connectivity index (χ0) is 20.8. The average Bonchev–Trinajstić information content (AvgIpc) is 3.17. The summed E-state index contributed by atoms with van der Waals surface area (Å²) in [5.41, 5.74) is 3.36. The zero-order valence-electron chi connectivity index (χ0n) is 17.5. The van der Waals surface area contributed by atoms with Crippen LogP contribution in [0.25, 0.3) is 10.9 Å². The Hall–Kier alpha value is -3.02. The Morgan fingerprint density at radius 2 is 1.97 bits per heavy atom. The van der Waals surface area contributed by atoms with E-state index < -0.39 is 0 Å². The van der Waals surface area contributed by atoms with Gasteiger partial charge in [-0.1, -0.05) is 18.2 Å². The van der Waals surface area contributed by atoms with Gasteiger partial charge in [0, 0.05) is 55.0 Å². The fourth-order valence-corrected chi connectivity index (χ4v) is 4.08. The van der Waals surface area contributed by atoms with E-state index in [2.05, 4.69) is 57.8 Å². The van der Waals surface area contributed by atoms with Gasteiger partial charge in [-0.3, -0.25) is 4.99 Å². The Morgan fingerprint density at radius 3 is 2.73 bits per heavy atom. The largest absolute Gasteiger partial charge is 0.371 e. The van der Waals surface area contributed by atoms with Gasteiger partial charge in [0.2, 0.25) is 0 Å². The summed E-state index contributed by atoms with van der Waals surface area (Å²) in [6.07, 6.45) is 4.90. The molecule has 1 aliphatic rings. The van der Waals surface area contributed by atoms with E-state index in [1.807, 2.05) is 6.20 Å². The highest BCUT2D eigenvalue weighted by atomic mass is 19.1. The minimum atomic E-state index is -0.205. The minimum absolute atomic E-state index is 0.205. The number of halogens is 1. The van der Waals surface area contributed by atoms with E-state index in [1.54, 1.807) is 12.1 Å². The quantitative estimate of drug-likeness (QED) is 0.426. The van der Waals surface area contributed by atoms with Crippen molar-refractivity contribution in [2.75, 3.05) is 31.1 Å². The van der Waals surface area contributed by atoms with Crippen LogP contribution in [0, 0.1) is 5.82 Å². The molecule has 30 heavy (non-hydrogen) atoms. The molecule has 0 unspecified atom stereocenters. The SMILES string of the molecule is CCNC(=NCCc1c[nH]c2ccc(F)cc12)NC1CCN(c2ccccc2)CC1. The lowest BCUT2D eigenvalue weighted by molar-refractivity contribution is 0.461. The molecule has 2 aromatic carbocycles. The van der Waals surface area contributed by atoms with Crippen LogP contribution in [0.5, 0.6) is 0 Å². The molecule has 0 amide bonds. The standard InChI is InChI=1S/C24H30FN5/c1-2-26-24(27-13-10-18-17-28-23-9-8-19(25)16-22(18)23)29-20-11-14-30(15-12-20)21-6-4-3-5-7-21/h3-9,16-17,20,28H,2,10-15H2,1H3,(H2,26,27,29). The van der Waals surface area contributed by atoms with Crippen LogP contribution >= 0.6 is 0 Å². The van der Waals surface area contributed by atoms with Gasteiger partial charge in [0.25, 0.3) is 0 Å². The summed E-state index contributed by atoms with van der Waals surface area (Å²) < 4.78 is 13.6. The number of guanidine groups is 1. The molecule has 0 saturated carbocycles. The lowest BCUT2D eigenvalue weighted by Crippen LogP contribution is -2.48. The van der Waals surface area contributed by atoms with E-state index in [0.29, 0.717) is 12.6 Å². The van der Waals surface area contributed by atoms with Gasteiger partial charge in [-0.15, -0.1) is 0 Å². The molecule has 6 heteroatoms. The Labute approximate surface area is 177 Å². The first kappa shape index (κ1) is 20.3. The highest BCUT2D eigenvalue weighted by Crippen LogP contribution is 2.21. The second kappa shape index (κ2) is 9.65. The van der Waals surface area contributed by atoms with Gasteiger partial charge in [0.05, 0.1) is 0 Å². The van der Waals surface area contributed by atoms with Crippen LogP contribution < -0.4 is 15.5 Å². The number of hydrogen-bond acceptors (Lipinski definition) is 2. The number of H-pyrrole nitrogens is 1. The number of aromatic nitrogens is 1. The Balaban J connectivity index is 1.32. The van der Waals surface area contributed by atoms with Gasteiger partial charge in [0.15, 0.2) is 5.96 Å². The first-order valence-electron chi connectivity index (χ1n) is 10.8. The molecule has 1 aliphatic heterocycles. The van der Waals surface area contributed by atoms with Crippen LogP contribution in [0.15, 0.2) is 59.7 Å². The van der Waals surface area contributed by atoms with Crippen molar-refractivity contribution in [2.45, 2.75) is 32.2 Å². The molecule has 3 aromatic rings. The molecule has 3 N–H and O–H groups in total. The number of anilines is 1. The highest BCUT2D eigenvalue weighted by Gasteiger charge is 2.20. The smallest absolute Gasteiger partial charge is 0.191 e. The lowest BCUT2D eigenvalue weighted by atomic mass is 10.0. The van der Waals surface area contributed by atoms with Crippen LogP contribution in [-0.4, -0.2) is 43.2 Å². The number of nitrogens with zero attached hydrogens (tertiary/aromatic N) is 2. The summed E-state index contributed by atoms with van der Waals surface area (Å²) in [5.74, 6) is 0.658. The fourth-order valence-electron chi connectivity index (χ4n) is 4.08. The van der Waals surface area contributed by atoms with E-state index in [4.69, 9.17) is 4.99 Å². The molecule has 0 radical (unpaired) electrons. The fraction of sp³-hybridized carbons (Fsp3) is 0.375. The lowest BCUT2D eigenvalue weighted by Gasteiger charge is -2.34. The second-order valence-corrected chi connectivity index (χ2v) is 7.76. The summed E-state index contributed by atoms with van der Waals surface area (Å²) in [4.78, 5) is 10.4. The van der Waals surface area contributed by atoms with Gasteiger partial charge in [-0.2, -0.15) is 0 Å². The van der Waals surface area contributed by atoms with Gasteiger partial charge in [-0.05, 0) is 62.1 Å². The van der Waals surface area contributed by atoms with Gasteiger partial charge >= 0.3 is 0 Å². The summed E-state index contributed by atoms with van der Waals surface area (Å²) in [6, 6.07) is 15.9. The maximum Gasteiger partial charge on any atom is 0.191 e. The average molecular weight is 408 g/mol. The molecule has 0 atom stereocenters. The van der Waals surface area contributed by atoms with Gasteiger partial charge in [-0.25, -0.2) is 4.39 Å². The Morgan fingerprint density at radius 1 is 1.17 bits per heavy atom. The Kier molecular flexibility index (Phi) is 6.52. The summed E-state index contributed by atoms with van der Waals surface area (Å²) in [5, 5.41) is 7.90. The molecule has 0 aliphatic carbocycles. The van der Waals surface area contributed by atoms with Crippen molar-refractivity contribution >= 4 is 22.5 Å². The zero-order valence-corrected chi connectivity index (χ0v) is 17.5.